The number of hydrogen-bond acceptors (Lipinski definition) is 9. The molecule has 1 atom stereocenters. The van der Waals surface area contributed by atoms with E-state index < -0.39 is 12.7 Å². The summed E-state index contributed by atoms with van der Waals surface area (Å²) in [6.45, 7) is 1.70. The third-order valence-electron chi connectivity index (χ3n) is 6.43. The van der Waals surface area contributed by atoms with Crippen molar-refractivity contribution in [3.63, 3.8) is 0 Å². The van der Waals surface area contributed by atoms with E-state index in [2.05, 4.69) is 28.2 Å². The Morgan fingerprint density at radius 3 is 2.60 bits per heavy atom. The number of aromatic hydroxyl groups is 1. The zero-order valence-corrected chi connectivity index (χ0v) is 23.6. The fraction of sp³-hybridized carbons (Fsp3) is 0.241. The van der Waals surface area contributed by atoms with Crippen LogP contribution in [-0.4, -0.2) is 36.4 Å². The molecule has 40 heavy (non-hydrogen) atoms. The zero-order valence-electron chi connectivity index (χ0n) is 21.8. The lowest BCUT2D eigenvalue weighted by molar-refractivity contribution is -0.204. The molecule has 1 heterocycles. The van der Waals surface area contributed by atoms with Gasteiger partial charge in [-0.25, -0.2) is 4.79 Å². The lowest BCUT2D eigenvalue weighted by atomic mass is 9.89. The topological polar surface area (TPSA) is 141 Å². The summed E-state index contributed by atoms with van der Waals surface area (Å²) in [7, 11) is 1.26. The predicted molar refractivity (Wildman–Crippen MR) is 156 cm³/mol. The van der Waals surface area contributed by atoms with E-state index in [1.165, 1.54) is 37.4 Å². The number of carbonyl (C=O) groups is 1. The van der Waals surface area contributed by atoms with Crippen molar-refractivity contribution in [2.24, 2.45) is 0 Å². The number of carboxylic acid groups (broad SMARTS) is 1. The van der Waals surface area contributed by atoms with Gasteiger partial charge in [-0.3, -0.25) is 4.79 Å². The predicted octanol–water partition coefficient (Wildman–Crippen LogP) is 5.34. The maximum atomic E-state index is 12.3. The highest BCUT2D eigenvalue weighted by Crippen LogP contribution is 2.42. The van der Waals surface area contributed by atoms with Gasteiger partial charge >= 0.3 is 5.97 Å². The van der Waals surface area contributed by atoms with Gasteiger partial charge in [0.25, 0.3) is 0 Å². The fourth-order valence-electron chi connectivity index (χ4n) is 4.43. The molecule has 0 amide bonds. The average molecular weight is 583 g/mol. The van der Waals surface area contributed by atoms with Crippen molar-refractivity contribution >= 4 is 41.2 Å². The Hall–Kier alpha value is -3.53. The lowest BCUT2D eigenvalue weighted by Gasteiger charge is -2.24. The first-order valence-electron chi connectivity index (χ1n) is 12.6. The molecule has 0 aromatic heterocycles. The van der Waals surface area contributed by atoms with E-state index in [0.717, 1.165) is 19.3 Å². The number of phenols is 1. The first kappa shape index (κ1) is 29.5. The number of nitrogens with one attached hydrogen (secondary N) is 1. The second-order valence-corrected chi connectivity index (χ2v) is 12.0. The molecule has 4 rings (SSSR count). The first-order valence-corrected chi connectivity index (χ1v) is 15.2. The van der Waals surface area contributed by atoms with Crippen molar-refractivity contribution in [1.82, 2.24) is 5.32 Å². The van der Waals surface area contributed by atoms with E-state index in [-0.39, 0.29) is 29.1 Å². The Bertz CT molecular complexity index is 1630. The van der Waals surface area contributed by atoms with E-state index in [9.17, 15) is 24.7 Å². The molecule has 1 unspecified atom stereocenters. The van der Waals surface area contributed by atoms with Crippen LogP contribution in [0.15, 0.2) is 70.4 Å². The van der Waals surface area contributed by atoms with Gasteiger partial charge in [0.2, 0.25) is 0 Å². The van der Waals surface area contributed by atoms with Gasteiger partial charge in [-0.15, -0.1) is 0 Å². The SMILES string of the molecule is C=C(NCCCCCCOP([O-])(=S)OC)c1ccc(C(=O)O)c(-c2c3ccc(=O)cc-3oc3cc(O)ccc23)c1. The van der Waals surface area contributed by atoms with Gasteiger partial charge in [0.15, 0.2) is 5.43 Å². The number of unbranched alkanes of at least 4 members (excludes halogenated alkanes) is 3. The first-order chi connectivity index (χ1) is 19.1. The lowest BCUT2D eigenvalue weighted by Crippen LogP contribution is -2.13. The minimum atomic E-state index is -3.36. The number of benzene rings is 3. The summed E-state index contributed by atoms with van der Waals surface area (Å²) in [5.74, 6) is -0.849. The molecule has 11 heteroatoms. The number of phenolic OH excluding ortho intramolecular Hbond substituents is 1. The normalized spacial score (nSPS) is 12.8. The minimum Gasteiger partial charge on any atom is -0.780 e. The molecule has 0 saturated heterocycles. The Kier molecular flexibility index (Phi) is 9.40. The molecule has 0 fully saturated rings. The highest BCUT2D eigenvalue weighted by atomic mass is 32.5. The molecule has 0 bridgehead atoms. The van der Waals surface area contributed by atoms with Crippen molar-refractivity contribution in [1.29, 1.82) is 0 Å². The zero-order chi connectivity index (χ0) is 28.9. The molecule has 3 N–H and O–H groups in total. The van der Waals surface area contributed by atoms with Gasteiger partial charge in [-0.05, 0) is 60.4 Å². The maximum Gasteiger partial charge on any atom is 0.336 e. The van der Waals surface area contributed by atoms with Gasteiger partial charge in [0.1, 0.15) is 23.8 Å². The molecular formula is C29H29NO8PS-. The van der Waals surface area contributed by atoms with E-state index in [0.29, 0.717) is 51.9 Å². The molecule has 1 aliphatic carbocycles. The van der Waals surface area contributed by atoms with Gasteiger partial charge in [0.05, 0.1) is 12.2 Å². The van der Waals surface area contributed by atoms with Crippen molar-refractivity contribution in [3.8, 4) is 28.2 Å². The minimum absolute atomic E-state index is 0.0208. The third-order valence-corrected chi connectivity index (χ3v) is 8.14. The number of aromatic carboxylic acids is 1. The van der Waals surface area contributed by atoms with Crippen LogP contribution in [0.4, 0.5) is 0 Å². The van der Waals surface area contributed by atoms with Crippen LogP contribution in [0.25, 0.3) is 39.1 Å². The van der Waals surface area contributed by atoms with Crippen molar-refractivity contribution in [2.75, 3.05) is 20.3 Å². The summed E-state index contributed by atoms with van der Waals surface area (Å²) in [5.41, 5.74) is 3.03. The van der Waals surface area contributed by atoms with Crippen LogP contribution < -0.4 is 15.6 Å². The number of hydrogen-bond donors (Lipinski definition) is 3. The van der Waals surface area contributed by atoms with Crippen molar-refractivity contribution < 1.29 is 33.4 Å². The van der Waals surface area contributed by atoms with Gasteiger partial charge < -0.3 is 33.9 Å². The molecule has 2 aromatic carbocycles. The number of rotatable bonds is 13. The Balaban J connectivity index is 1.56. The third kappa shape index (κ3) is 6.96. The molecular weight excluding hydrogens is 553 g/mol. The van der Waals surface area contributed by atoms with Gasteiger partial charge in [-0.2, -0.15) is 0 Å². The summed E-state index contributed by atoms with van der Waals surface area (Å²) in [6, 6.07) is 13.9. The number of carboxylic acids is 1. The molecule has 9 nitrogen and oxygen atoms in total. The average Bonchev–Trinajstić information content (AvgIpc) is 2.92. The summed E-state index contributed by atoms with van der Waals surface area (Å²) < 4.78 is 15.6. The van der Waals surface area contributed by atoms with Gasteiger partial charge in [0, 0.05) is 48.0 Å². The molecule has 0 spiro atoms. The van der Waals surface area contributed by atoms with E-state index in [1.54, 1.807) is 24.3 Å². The van der Waals surface area contributed by atoms with Crippen LogP contribution >= 0.6 is 6.72 Å². The summed E-state index contributed by atoms with van der Waals surface area (Å²) in [4.78, 5) is 35.9. The summed E-state index contributed by atoms with van der Waals surface area (Å²) in [6.07, 6.45) is 3.33. The van der Waals surface area contributed by atoms with Crippen LogP contribution in [-0.2, 0) is 20.9 Å². The van der Waals surface area contributed by atoms with Gasteiger partial charge in [-0.1, -0.05) is 37.3 Å². The maximum absolute atomic E-state index is 12.3. The standard InChI is InChI=1S/C29H30NO8PS/c1-18(30-13-5-3-4-6-14-37-39(35,40)36-2)19-7-10-22(29(33)34)25(15-19)28-23-11-8-20(31)16-26(23)38-27-17-21(32)9-12-24(27)28/h7-12,15-17,30-31H,1,3-6,13-14H2,2H3,(H,33,34)(H,35,40)/p-1. The Morgan fingerprint density at radius 1 is 1.07 bits per heavy atom. The Morgan fingerprint density at radius 2 is 1.85 bits per heavy atom. The van der Waals surface area contributed by atoms with Crippen LogP contribution in [0.5, 0.6) is 5.75 Å². The highest BCUT2D eigenvalue weighted by molar-refractivity contribution is 8.06. The van der Waals surface area contributed by atoms with Crippen molar-refractivity contribution in [3.05, 3.63) is 82.5 Å². The molecule has 2 aromatic rings. The molecule has 1 aliphatic heterocycles. The van der Waals surface area contributed by atoms with E-state index in [1.807, 2.05) is 0 Å². The van der Waals surface area contributed by atoms with Crippen LogP contribution in [0, 0.1) is 0 Å². The quantitative estimate of drug-likeness (QED) is 0.107. The highest BCUT2D eigenvalue weighted by Gasteiger charge is 2.22. The summed E-state index contributed by atoms with van der Waals surface area (Å²) in [5, 5.41) is 23.9. The second-order valence-electron chi connectivity index (χ2n) is 9.16. The molecule has 0 radical (unpaired) electrons. The Labute approximate surface area is 236 Å². The molecule has 2 aliphatic rings. The van der Waals surface area contributed by atoms with Crippen molar-refractivity contribution in [2.45, 2.75) is 25.7 Å². The summed E-state index contributed by atoms with van der Waals surface area (Å²) >= 11 is 4.69. The number of fused-ring (bicyclic) bond motifs is 2. The molecule has 0 saturated carbocycles. The second kappa shape index (κ2) is 12.8. The monoisotopic (exact) mass is 582 g/mol. The van der Waals surface area contributed by atoms with E-state index in [4.69, 9.17) is 8.94 Å². The van der Waals surface area contributed by atoms with E-state index >= 15 is 0 Å². The largest absolute Gasteiger partial charge is 0.780 e. The molecule has 210 valence electrons. The van der Waals surface area contributed by atoms with Crippen LogP contribution in [0.2, 0.25) is 0 Å². The van der Waals surface area contributed by atoms with Crippen LogP contribution in [0.3, 0.4) is 0 Å². The smallest absolute Gasteiger partial charge is 0.336 e. The fourth-order valence-corrected chi connectivity index (χ4v) is 5.11. The van der Waals surface area contributed by atoms with Crippen LogP contribution in [0.1, 0.15) is 41.6 Å².